The van der Waals surface area contributed by atoms with E-state index in [0.29, 0.717) is 20.8 Å². The molecule has 1 aliphatic carbocycles. The van der Waals surface area contributed by atoms with E-state index < -0.39 is 4.90 Å². The van der Waals surface area contributed by atoms with E-state index in [1.54, 1.807) is 12.1 Å². The number of hydrogen-bond donors (Lipinski definition) is 1. The van der Waals surface area contributed by atoms with Gasteiger partial charge < -0.3 is 15.5 Å². The van der Waals surface area contributed by atoms with Gasteiger partial charge in [-0.15, -0.1) is 11.3 Å². The van der Waals surface area contributed by atoms with E-state index in [4.69, 9.17) is 11.6 Å². The first-order valence-corrected chi connectivity index (χ1v) is 7.00. The Morgan fingerprint density at radius 2 is 1.95 bits per heavy atom. The summed E-state index contributed by atoms with van der Waals surface area (Å²) in [6, 6.07) is 8.01. The molecule has 1 N–H and O–H groups in total. The van der Waals surface area contributed by atoms with Gasteiger partial charge in [0.2, 0.25) is 5.36 Å². The topological polar surface area (TPSA) is 69.4 Å². The van der Waals surface area contributed by atoms with Crippen molar-refractivity contribution in [2.45, 2.75) is 6.92 Å². The number of halogens is 1. The molecule has 1 aromatic carbocycles. The van der Waals surface area contributed by atoms with Gasteiger partial charge in [-0.2, -0.15) is 4.90 Å². The Hall–Kier alpha value is -1.98. The minimum atomic E-state index is -0.446. The van der Waals surface area contributed by atoms with E-state index >= 15 is 0 Å². The number of nitrogens with zero attached hydrogens (tertiary/aromatic N) is 1. The Bertz CT molecular complexity index is 868. The van der Waals surface area contributed by atoms with Crippen LogP contribution >= 0.6 is 22.9 Å². The highest BCUT2D eigenvalue weighted by Gasteiger charge is 2.17. The van der Waals surface area contributed by atoms with E-state index in [9.17, 15) is 15.5 Å². The van der Waals surface area contributed by atoms with Crippen molar-refractivity contribution in [1.82, 2.24) is 4.90 Å². The van der Waals surface area contributed by atoms with Crippen molar-refractivity contribution in [1.29, 1.82) is 0 Å². The Morgan fingerprint density at radius 1 is 1.20 bits per heavy atom. The summed E-state index contributed by atoms with van der Waals surface area (Å²) in [5.74, 6) is 0.0670. The zero-order chi connectivity index (χ0) is 14.4. The summed E-state index contributed by atoms with van der Waals surface area (Å²) in [4.78, 5) is 0.215. The van der Waals surface area contributed by atoms with Gasteiger partial charge in [0.1, 0.15) is 5.75 Å². The molecule has 0 radical (unpaired) electrons. The van der Waals surface area contributed by atoms with Crippen LogP contribution in [0.1, 0.15) is 5.56 Å². The molecule has 0 spiro atoms. The number of fused-ring (bicyclic) bond motifs is 2. The molecule has 0 aromatic heterocycles. The molecule has 4 nitrogen and oxygen atoms in total. The number of rotatable bonds is 0. The van der Waals surface area contributed by atoms with Crippen LogP contribution in [0.5, 0.6) is 5.75 Å². The molecule has 102 valence electrons. The van der Waals surface area contributed by atoms with Gasteiger partial charge in [-0.05, 0) is 24.6 Å². The standard InChI is InChI=1S/C14H9ClNO3S/c1-7-2-5-10(15)12-13(17)9-4-3-8(16(18)19)6-11(9)20-14(7)12/h2-6H,1H3,(H-,17,18,19)/q-1. The monoisotopic (exact) mass is 306 g/mol. The molecule has 0 unspecified atom stereocenters. The van der Waals surface area contributed by atoms with E-state index in [0.717, 1.165) is 10.3 Å². The van der Waals surface area contributed by atoms with Gasteiger partial charge in [-0.3, -0.25) is 0 Å². The maximum atomic E-state index is 10.8. The molecule has 0 atom stereocenters. The lowest BCUT2D eigenvalue weighted by Crippen LogP contribution is -2.17. The molecule has 0 amide bonds. The van der Waals surface area contributed by atoms with E-state index in [2.05, 4.69) is 0 Å². The third-order valence-electron chi connectivity index (χ3n) is 3.18. The molecular weight excluding hydrogens is 298 g/mol. The smallest absolute Gasteiger partial charge is 0.224 e. The number of aromatic hydroxyl groups is 1. The lowest BCUT2D eigenvalue weighted by molar-refractivity contribution is 0.484. The van der Waals surface area contributed by atoms with Crippen molar-refractivity contribution in [3.05, 3.63) is 56.7 Å². The van der Waals surface area contributed by atoms with E-state index in [-0.39, 0.29) is 11.1 Å². The predicted octanol–water partition coefficient (Wildman–Crippen LogP) is 3.44. The minimum absolute atomic E-state index is 0.00665. The van der Waals surface area contributed by atoms with Crippen LogP contribution in [0.3, 0.4) is 0 Å². The average Bonchev–Trinajstić information content (AvgIpc) is 2.42. The minimum Gasteiger partial charge on any atom is -0.612 e. The van der Waals surface area contributed by atoms with Gasteiger partial charge in [0.05, 0.1) is 10.4 Å². The highest BCUT2D eigenvalue weighted by molar-refractivity contribution is 7.22. The summed E-state index contributed by atoms with van der Waals surface area (Å²) in [6.45, 7) is 1.91. The third kappa shape index (κ3) is 1.87. The Balaban J connectivity index is 2.55. The first-order chi connectivity index (χ1) is 9.49. The summed E-state index contributed by atoms with van der Waals surface area (Å²) < 4.78 is 0.836. The van der Waals surface area contributed by atoms with Crippen molar-refractivity contribution >= 4 is 33.0 Å². The van der Waals surface area contributed by atoms with Crippen molar-refractivity contribution in [3.63, 3.8) is 0 Å². The lowest BCUT2D eigenvalue weighted by atomic mass is 10.1. The fraction of sp³-hybridized carbons (Fsp3) is 0.0714. The Kier molecular flexibility index (Phi) is 2.96. The predicted molar refractivity (Wildman–Crippen MR) is 81.9 cm³/mol. The van der Waals surface area contributed by atoms with Gasteiger partial charge in [0, 0.05) is 27.3 Å². The average molecular weight is 307 g/mol. The van der Waals surface area contributed by atoms with Gasteiger partial charge in [0.25, 0.3) is 0 Å². The van der Waals surface area contributed by atoms with Crippen LogP contribution < -0.4 is 10.3 Å². The first kappa shape index (κ1) is 13.0. The molecule has 1 heterocycles. The van der Waals surface area contributed by atoms with E-state index in [1.807, 2.05) is 13.0 Å². The van der Waals surface area contributed by atoms with Crippen LogP contribution in [0.15, 0.2) is 30.3 Å². The second-order valence-electron chi connectivity index (χ2n) is 4.46. The second kappa shape index (κ2) is 4.54. The Morgan fingerprint density at radius 3 is 2.65 bits per heavy atom. The van der Waals surface area contributed by atoms with Gasteiger partial charge >= 0.3 is 0 Å². The van der Waals surface area contributed by atoms with Crippen LogP contribution in [-0.4, -0.2) is 5.11 Å². The number of aryl methyl sites for hydroxylation is 1. The molecule has 0 saturated heterocycles. The van der Waals surface area contributed by atoms with Crippen LogP contribution in [-0.2, 0) is 0 Å². The first-order valence-electron chi connectivity index (χ1n) is 5.81. The van der Waals surface area contributed by atoms with Gasteiger partial charge in [0.15, 0.2) is 0 Å². The summed E-state index contributed by atoms with van der Waals surface area (Å²) in [7, 11) is 0. The van der Waals surface area contributed by atoms with Crippen LogP contribution in [0.4, 0.5) is 0 Å². The fourth-order valence-electron chi connectivity index (χ4n) is 2.16. The third-order valence-corrected chi connectivity index (χ3v) is 4.79. The quantitative estimate of drug-likeness (QED) is 0.511. The van der Waals surface area contributed by atoms with Gasteiger partial charge in [-0.25, -0.2) is 0 Å². The largest absolute Gasteiger partial charge is 0.612 e. The molecule has 6 heteroatoms. The summed E-state index contributed by atoms with van der Waals surface area (Å²) in [5, 5.41) is 33.2. The van der Waals surface area contributed by atoms with Crippen molar-refractivity contribution in [3.8, 4) is 16.2 Å². The van der Waals surface area contributed by atoms with Crippen molar-refractivity contribution < 1.29 is 5.11 Å². The zero-order valence-electron chi connectivity index (χ0n) is 10.4. The highest BCUT2D eigenvalue weighted by Crippen LogP contribution is 2.45. The maximum absolute atomic E-state index is 10.8. The molecule has 1 aliphatic heterocycles. The molecule has 0 bridgehead atoms. The molecule has 2 aliphatic rings. The van der Waals surface area contributed by atoms with E-state index in [1.165, 1.54) is 23.5 Å². The number of hydrogen-bond acceptors (Lipinski definition) is 4. The summed E-state index contributed by atoms with van der Waals surface area (Å²) in [6.07, 6.45) is 0. The molecule has 1 aromatic rings. The molecular formula is C14H9ClNO3S-. The summed E-state index contributed by atoms with van der Waals surface area (Å²) in [5.41, 5.74) is 1.54. The van der Waals surface area contributed by atoms with Crippen molar-refractivity contribution in [2.24, 2.45) is 0 Å². The van der Waals surface area contributed by atoms with Crippen LogP contribution in [0.2, 0.25) is 5.02 Å². The lowest BCUT2D eigenvalue weighted by Gasteiger charge is -2.13. The maximum Gasteiger partial charge on any atom is 0.224 e. The van der Waals surface area contributed by atoms with Crippen LogP contribution in [0, 0.1) is 17.3 Å². The Labute approximate surface area is 123 Å². The summed E-state index contributed by atoms with van der Waals surface area (Å²) >= 11 is 7.54. The van der Waals surface area contributed by atoms with Crippen LogP contribution in [0.25, 0.3) is 20.5 Å². The number of benzene rings is 2. The van der Waals surface area contributed by atoms with Crippen molar-refractivity contribution in [2.75, 3.05) is 0 Å². The van der Waals surface area contributed by atoms with Gasteiger partial charge in [-0.1, -0.05) is 17.7 Å². The molecule has 0 fully saturated rings. The molecule has 20 heavy (non-hydrogen) atoms. The molecule has 0 saturated carbocycles. The normalized spacial score (nSPS) is 11.1. The zero-order valence-corrected chi connectivity index (χ0v) is 12.0. The highest BCUT2D eigenvalue weighted by atomic mass is 35.5. The molecule has 3 rings (SSSR count). The SMILES string of the molecule is Cc1ccc(Cl)c2c(O)c3ccc(=[N+]([O-])[O-])cc-3sc12. The fourth-order valence-corrected chi connectivity index (χ4v) is 3.68. The second-order valence-corrected chi connectivity index (χ2v) is 5.92.